The minimum Gasteiger partial charge on any atom is -0.450 e. The third-order valence-electron chi connectivity index (χ3n) is 6.53. The molecule has 13 heteroatoms. The summed E-state index contributed by atoms with van der Waals surface area (Å²) in [5, 5.41) is 10.7. The minimum atomic E-state index is -1.39. The van der Waals surface area contributed by atoms with Gasteiger partial charge in [-0.25, -0.2) is 8.78 Å². The molecule has 45 heavy (non-hydrogen) atoms. The summed E-state index contributed by atoms with van der Waals surface area (Å²) in [5.41, 5.74) is 0.202. The lowest BCUT2D eigenvalue weighted by Crippen LogP contribution is -2.55. The number of esters is 1. The zero-order chi connectivity index (χ0) is 33.6. The molecule has 0 saturated carbocycles. The number of nitrogens with one attached hydrogen (secondary N) is 4. The second-order valence-corrected chi connectivity index (χ2v) is 11.5. The topological polar surface area (TPSA) is 152 Å². The Morgan fingerprint density at radius 1 is 0.867 bits per heavy atom. The number of carbonyl (C=O) groups excluding carboxylic acids is 5. The molecule has 0 radical (unpaired) electrons. The molecule has 0 heterocycles. The van der Waals surface area contributed by atoms with Gasteiger partial charge in [-0.1, -0.05) is 44.2 Å². The molecule has 3 atom stereocenters. The van der Waals surface area contributed by atoms with E-state index in [2.05, 4.69) is 21.3 Å². The summed E-state index contributed by atoms with van der Waals surface area (Å²) in [6.45, 7) is 7.45. The fourth-order valence-corrected chi connectivity index (χ4v) is 4.39. The van der Waals surface area contributed by atoms with E-state index in [1.807, 2.05) is 30.3 Å². The third-order valence-corrected chi connectivity index (χ3v) is 6.53. The first kappa shape index (κ1) is 36.8. The van der Waals surface area contributed by atoms with Gasteiger partial charge in [0.05, 0.1) is 19.3 Å². The van der Waals surface area contributed by atoms with Crippen LogP contribution < -0.4 is 21.3 Å². The average Bonchev–Trinajstić information content (AvgIpc) is 2.95. The average molecular weight is 633 g/mol. The summed E-state index contributed by atoms with van der Waals surface area (Å²) in [5.74, 6) is -4.03. The molecule has 0 fully saturated rings. The quantitative estimate of drug-likeness (QED) is 0.195. The number of amides is 4. The standard InChI is InChI=1S/C32H42F2N4O7/c1-20(39)37-26(14-24-13-25(33)11-12-27(24)34)15-29(42)35-18-32(4,5)19-36-31(43)30(45-22(3)41)28(38-21(2)40)17-44-16-23-9-7-6-8-10-23/h6-13,26,28,30H,14-19H2,1-5H3,(H,35,42)(H,36,43)(H,37,39)(H,38,40)/t26?,28-,30+/m1/s1. The van der Waals surface area contributed by atoms with Crippen molar-refractivity contribution in [2.75, 3.05) is 19.7 Å². The summed E-state index contributed by atoms with van der Waals surface area (Å²) in [7, 11) is 0. The van der Waals surface area contributed by atoms with Crippen LogP contribution in [0.3, 0.4) is 0 Å². The number of carbonyl (C=O) groups is 5. The number of ether oxygens (including phenoxy) is 2. The molecule has 0 spiro atoms. The van der Waals surface area contributed by atoms with Gasteiger partial charge in [0.2, 0.25) is 23.8 Å². The van der Waals surface area contributed by atoms with E-state index < -0.39 is 64.8 Å². The van der Waals surface area contributed by atoms with Crippen molar-refractivity contribution in [2.24, 2.45) is 5.41 Å². The van der Waals surface area contributed by atoms with Crippen LogP contribution in [0.15, 0.2) is 48.5 Å². The summed E-state index contributed by atoms with van der Waals surface area (Å²) < 4.78 is 38.8. The lowest BCUT2D eigenvalue weighted by Gasteiger charge is -2.29. The van der Waals surface area contributed by atoms with E-state index in [0.29, 0.717) is 0 Å². The molecule has 0 aliphatic rings. The van der Waals surface area contributed by atoms with E-state index in [9.17, 15) is 32.8 Å². The van der Waals surface area contributed by atoms with Crippen LogP contribution in [0.1, 0.15) is 52.2 Å². The maximum atomic E-state index is 14.2. The molecular formula is C32H42F2N4O7. The maximum absolute atomic E-state index is 14.2. The van der Waals surface area contributed by atoms with Crippen LogP contribution in [0.25, 0.3) is 0 Å². The Morgan fingerprint density at radius 3 is 2.13 bits per heavy atom. The highest BCUT2D eigenvalue weighted by molar-refractivity contribution is 5.85. The van der Waals surface area contributed by atoms with E-state index >= 15 is 0 Å². The van der Waals surface area contributed by atoms with Gasteiger partial charge in [0.15, 0.2) is 0 Å². The molecule has 1 unspecified atom stereocenters. The Morgan fingerprint density at radius 2 is 1.51 bits per heavy atom. The van der Waals surface area contributed by atoms with Gasteiger partial charge in [0.1, 0.15) is 11.6 Å². The Hall–Kier alpha value is -4.39. The molecule has 2 aromatic carbocycles. The predicted octanol–water partition coefficient (Wildman–Crippen LogP) is 2.31. The van der Waals surface area contributed by atoms with Gasteiger partial charge in [0, 0.05) is 46.3 Å². The van der Waals surface area contributed by atoms with E-state index in [-0.39, 0.29) is 44.7 Å². The van der Waals surface area contributed by atoms with Gasteiger partial charge in [-0.2, -0.15) is 0 Å². The lowest BCUT2D eigenvalue weighted by atomic mass is 9.93. The van der Waals surface area contributed by atoms with Crippen molar-refractivity contribution < 1.29 is 42.2 Å². The molecule has 11 nitrogen and oxygen atoms in total. The van der Waals surface area contributed by atoms with Crippen molar-refractivity contribution in [2.45, 2.75) is 72.3 Å². The second-order valence-electron chi connectivity index (χ2n) is 11.5. The maximum Gasteiger partial charge on any atom is 0.303 e. The number of halogens is 2. The molecule has 0 saturated heterocycles. The first-order chi connectivity index (χ1) is 21.1. The first-order valence-electron chi connectivity index (χ1n) is 14.5. The van der Waals surface area contributed by atoms with Crippen LogP contribution in [-0.2, 0) is 46.5 Å². The van der Waals surface area contributed by atoms with Crippen LogP contribution in [0.4, 0.5) is 8.78 Å². The molecular weight excluding hydrogens is 590 g/mol. The summed E-state index contributed by atoms with van der Waals surface area (Å²) in [4.78, 5) is 61.4. The van der Waals surface area contributed by atoms with Crippen molar-refractivity contribution in [3.63, 3.8) is 0 Å². The van der Waals surface area contributed by atoms with Gasteiger partial charge in [-0.15, -0.1) is 0 Å². The van der Waals surface area contributed by atoms with Crippen molar-refractivity contribution in [1.29, 1.82) is 0 Å². The van der Waals surface area contributed by atoms with E-state index in [1.54, 1.807) is 13.8 Å². The first-order valence-corrected chi connectivity index (χ1v) is 14.5. The zero-order valence-electron chi connectivity index (χ0n) is 26.2. The minimum absolute atomic E-state index is 0.0231. The molecule has 0 bridgehead atoms. The molecule has 0 aromatic heterocycles. The van der Waals surface area contributed by atoms with Gasteiger partial charge in [0.25, 0.3) is 5.91 Å². The van der Waals surface area contributed by atoms with Crippen molar-refractivity contribution >= 4 is 29.6 Å². The Balaban J connectivity index is 1.99. The third kappa shape index (κ3) is 14.3. The fraction of sp³-hybridized carbons (Fsp3) is 0.469. The molecule has 4 N–H and O–H groups in total. The SMILES string of the molecule is CC(=O)NC(CC(=O)NCC(C)(C)CNC(=O)[C@@H](OC(C)=O)[C@@H](COCc1ccccc1)NC(C)=O)Cc1cc(F)ccc1F. The van der Waals surface area contributed by atoms with Crippen LogP contribution in [0.2, 0.25) is 0 Å². The summed E-state index contributed by atoms with van der Waals surface area (Å²) >= 11 is 0. The lowest BCUT2D eigenvalue weighted by molar-refractivity contribution is -0.157. The molecule has 2 aromatic rings. The largest absolute Gasteiger partial charge is 0.450 e. The monoisotopic (exact) mass is 632 g/mol. The number of rotatable bonds is 17. The van der Waals surface area contributed by atoms with Crippen LogP contribution in [0.5, 0.6) is 0 Å². The van der Waals surface area contributed by atoms with Crippen molar-refractivity contribution in [3.8, 4) is 0 Å². The van der Waals surface area contributed by atoms with Crippen molar-refractivity contribution in [3.05, 3.63) is 71.3 Å². The molecule has 4 amide bonds. The Bertz CT molecular complexity index is 1320. The van der Waals surface area contributed by atoms with Crippen LogP contribution >= 0.6 is 0 Å². The van der Waals surface area contributed by atoms with Gasteiger partial charge < -0.3 is 30.7 Å². The molecule has 2 rings (SSSR count). The fourth-order valence-electron chi connectivity index (χ4n) is 4.39. The number of hydrogen-bond acceptors (Lipinski definition) is 7. The van der Waals surface area contributed by atoms with E-state index in [1.165, 1.54) is 13.8 Å². The zero-order valence-corrected chi connectivity index (χ0v) is 26.2. The number of hydrogen-bond donors (Lipinski definition) is 4. The highest BCUT2D eigenvalue weighted by Crippen LogP contribution is 2.16. The normalized spacial score (nSPS) is 13.1. The smallest absolute Gasteiger partial charge is 0.303 e. The molecule has 0 aliphatic heterocycles. The highest BCUT2D eigenvalue weighted by atomic mass is 19.1. The van der Waals surface area contributed by atoms with Gasteiger partial charge >= 0.3 is 5.97 Å². The summed E-state index contributed by atoms with van der Waals surface area (Å²) in [6, 6.07) is 10.5. The second kappa shape index (κ2) is 17.8. The number of benzene rings is 2. The highest BCUT2D eigenvalue weighted by Gasteiger charge is 2.33. The Labute approximate surface area is 261 Å². The van der Waals surface area contributed by atoms with Crippen LogP contribution in [0, 0.1) is 17.0 Å². The predicted molar refractivity (Wildman–Crippen MR) is 161 cm³/mol. The molecule has 246 valence electrons. The van der Waals surface area contributed by atoms with Gasteiger partial charge in [-0.05, 0) is 41.2 Å². The van der Waals surface area contributed by atoms with E-state index in [0.717, 1.165) is 30.7 Å². The van der Waals surface area contributed by atoms with E-state index in [4.69, 9.17) is 9.47 Å². The Kier molecular flexibility index (Phi) is 14.5. The van der Waals surface area contributed by atoms with Gasteiger partial charge in [-0.3, -0.25) is 24.0 Å². The molecule has 0 aliphatic carbocycles. The van der Waals surface area contributed by atoms with Crippen molar-refractivity contribution in [1.82, 2.24) is 21.3 Å². The summed E-state index contributed by atoms with van der Waals surface area (Å²) in [6.07, 6.45) is -1.69. The van der Waals surface area contributed by atoms with Crippen LogP contribution in [-0.4, -0.2) is 67.5 Å².